The first kappa shape index (κ1) is 16.5. The molecule has 0 amide bonds. The van der Waals surface area contributed by atoms with Gasteiger partial charge in [0.05, 0.1) is 6.21 Å². The molecule has 0 bridgehead atoms. The summed E-state index contributed by atoms with van der Waals surface area (Å²) in [6, 6.07) is 14.0. The Bertz CT molecular complexity index is 1100. The molecule has 4 aromatic rings. The smallest absolute Gasteiger partial charge is 0.265 e. The lowest BCUT2D eigenvalue weighted by molar-refractivity contribution is 1.01. The Balaban J connectivity index is 1.54. The molecular weight excluding hydrogens is 394 g/mol. The number of nitrogens with zero attached hydrogens (tertiary/aromatic N) is 5. The van der Waals surface area contributed by atoms with Gasteiger partial charge >= 0.3 is 0 Å². The summed E-state index contributed by atoms with van der Waals surface area (Å²) in [6.45, 7) is 0. The summed E-state index contributed by atoms with van der Waals surface area (Å²) in [5.74, 6) is 0.337. The van der Waals surface area contributed by atoms with Gasteiger partial charge in [-0.2, -0.15) is 10.1 Å². The van der Waals surface area contributed by atoms with Gasteiger partial charge in [-0.05, 0) is 35.9 Å². The average Bonchev–Trinajstić information content (AvgIpc) is 2.99. The zero-order valence-corrected chi connectivity index (χ0v) is 15.8. The Labute approximate surface area is 158 Å². The normalized spacial score (nSPS) is 11.5. The summed E-state index contributed by atoms with van der Waals surface area (Å²) in [6.07, 6.45) is 1.72. The average molecular weight is 410 g/mol. The fourth-order valence-corrected chi connectivity index (χ4v) is 2.97. The molecule has 0 aliphatic rings. The standard InChI is InChI=1S/C18H16BrN7/c1-26(2)13-6-3-11(4-7-13)10-20-24-18-22-17-16(23-25-18)14-9-12(19)5-8-15(14)21-17/h3-10H,1-2H3,(H2,21,22,24,25). The highest BCUT2D eigenvalue weighted by Gasteiger charge is 2.09. The summed E-state index contributed by atoms with van der Waals surface area (Å²) < 4.78 is 0.986. The zero-order chi connectivity index (χ0) is 18.1. The minimum absolute atomic E-state index is 0.337. The number of aromatic amines is 1. The van der Waals surface area contributed by atoms with Crippen LogP contribution in [-0.2, 0) is 0 Å². The van der Waals surface area contributed by atoms with Crippen LogP contribution in [0.15, 0.2) is 52.0 Å². The maximum absolute atomic E-state index is 4.43. The first-order valence-electron chi connectivity index (χ1n) is 7.98. The SMILES string of the molecule is CN(C)c1ccc(C=NNc2nnc3c(n2)[nH]c2ccc(Br)cc23)cc1. The van der Waals surface area contributed by atoms with Crippen LogP contribution in [-0.4, -0.2) is 40.5 Å². The van der Waals surface area contributed by atoms with Gasteiger partial charge in [0.2, 0.25) is 0 Å². The van der Waals surface area contributed by atoms with Gasteiger partial charge in [0.1, 0.15) is 5.52 Å². The second kappa shape index (κ2) is 6.72. The molecule has 0 saturated carbocycles. The lowest BCUT2D eigenvalue weighted by Gasteiger charge is -2.11. The number of anilines is 2. The number of aromatic nitrogens is 4. The maximum atomic E-state index is 4.43. The van der Waals surface area contributed by atoms with Gasteiger partial charge in [-0.3, -0.25) is 0 Å². The molecule has 0 atom stereocenters. The first-order chi connectivity index (χ1) is 12.6. The molecule has 0 unspecified atom stereocenters. The predicted molar refractivity (Wildman–Crippen MR) is 109 cm³/mol. The van der Waals surface area contributed by atoms with E-state index in [9.17, 15) is 0 Å². The molecule has 0 fully saturated rings. The summed E-state index contributed by atoms with van der Waals surface area (Å²) in [5.41, 5.74) is 7.30. The number of benzene rings is 2. The van der Waals surface area contributed by atoms with Crippen LogP contribution in [0, 0.1) is 0 Å². The number of hydrogen-bond donors (Lipinski definition) is 2. The van der Waals surface area contributed by atoms with Gasteiger partial charge in [0, 0.05) is 35.2 Å². The van der Waals surface area contributed by atoms with Crippen molar-refractivity contribution in [1.29, 1.82) is 0 Å². The Hall–Kier alpha value is -3.00. The quantitative estimate of drug-likeness (QED) is 0.395. The minimum Gasteiger partial charge on any atom is -0.378 e. The van der Waals surface area contributed by atoms with Crippen LogP contribution in [0.4, 0.5) is 11.6 Å². The van der Waals surface area contributed by atoms with Gasteiger partial charge in [-0.15, -0.1) is 10.2 Å². The van der Waals surface area contributed by atoms with Gasteiger partial charge in [0.15, 0.2) is 5.65 Å². The van der Waals surface area contributed by atoms with Crippen molar-refractivity contribution in [3.8, 4) is 0 Å². The van der Waals surface area contributed by atoms with Crippen LogP contribution in [0.1, 0.15) is 5.56 Å². The van der Waals surface area contributed by atoms with Gasteiger partial charge in [0.25, 0.3) is 5.95 Å². The second-order valence-electron chi connectivity index (χ2n) is 6.00. The fraction of sp³-hybridized carbons (Fsp3) is 0.111. The molecule has 0 aliphatic heterocycles. The van der Waals surface area contributed by atoms with Gasteiger partial charge in [-0.25, -0.2) is 5.43 Å². The van der Waals surface area contributed by atoms with Crippen molar-refractivity contribution in [2.75, 3.05) is 24.4 Å². The van der Waals surface area contributed by atoms with Crippen molar-refractivity contribution in [3.63, 3.8) is 0 Å². The largest absolute Gasteiger partial charge is 0.378 e. The summed E-state index contributed by atoms with van der Waals surface area (Å²) >= 11 is 3.47. The van der Waals surface area contributed by atoms with E-state index in [1.54, 1.807) is 6.21 Å². The van der Waals surface area contributed by atoms with E-state index in [1.807, 2.05) is 61.5 Å². The van der Waals surface area contributed by atoms with E-state index >= 15 is 0 Å². The van der Waals surface area contributed by atoms with Crippen molar-refractivity contribution in [1.82, 2.24) is 20.2 Å². The maximum Gasteiger partial charge on any atom is 0.265 e. The molecule has 0 saturated heterocycles. The van der Waals surface area contributed by atoms with Crippen LogP contribution in [0.25, 0.3) is 22.1 Å². The van der Waals surface area contributed by atoms with E-state index in [4.69, 9.17) is 0 Å². The Morgan fingerprint density at radius 2 is 1.92 bits per heavy atom. The number of fused-ring (bicyclic) bond motifs is 3. The Morgan fingerprint density at radius 1 is 1.12 bits per heavy atom. The lowest BCUT2D eigenvalue weighted by atomic mass is 10.2. The highest BCUT2D eigenvalue weighted by atomic mass is 79.9. The number of rotatable bonds is 4. The third-order valence-corrected chi connectivity index (χ3v) is 4.46. The topological polar surface area (TPSA) is 82.1 Å². The zero-order valence-electron chi connectivity index (χ0n) is 14.2. The molecular formula is C18H16BrN7. The highest BCUT2D eigenvalue weighted by molar-refractivity contribution is 9.10. The van der Waals surface area contributed by atoms with E-state index in [2.05, 4.69) is 46.6 Å². The Morgan fingerprint density at radius 3 is 2.69 bits per heavy atom. The number of nitrogens with one attached hydrogen (secondary N) is 2. The monoisotopic (exact) mass is 409 g/mol. The van der Waals surface area contributed by atoms with E-state index in [0.29, 0.717) is 11.6 Å². The fourth-order valence-electron chi connectivity index (χ4n) is 2.61. The molecule has 2 aromatic heterocycles. The van der Waals surface area contributed by atoms with Crippen molar-refractivity contribution >= 4 is 55.8 Å². The third kappa shape index (κ3) is 3.23. The molecule has 0 radical (unpaired) electrons. The summed E-state index contributed by atoms with van der Waals surface area (Å²) in [7, 11) is 4.02. The third-order valence-electron chi connectivity index (χ3n) is 3.96. The van der Waals surface area contributed by atoms with Gasteiger partial charge < -0.3 is 9.88 Å². The van der Waals surface area contributed by atoms with E-state index < -0.39 is 0 Å². The van der Waals surface area contributed by atoms with Crippen LogP contribution < -0.4 is 10.3 Å². The molecule has 7 nitrogen and oxygen atoms in total. The summed E-state index contributed by atoms with van der Waals surface area (Å²) in [5, 5.41) is 13.5. The van der Waals surface area contributed by atoms with Crippen LogP contribution >= 0.6 is 15.9 Å². The number of halogens is 1. The molecule has 8 heteroatoms. The van der Waals surface area contributed by atoms with Crippen molar-refractivity contribution < 1.29 is 0 Å². The Kier molecular flexibility index (Phi) is 4.26. The predicted octanol–water partition coefficient (Wildman–Crippen LogP) is 3.78. The molecule has 26 heavy (non-hydrogen) atoms. The molecule has 0 spiro atoms. The first-order valence-corrected chi connectivity index (χ1v) is 8.77. The molecule has 2 aromatic carbocycles. The highest BCUT2D eigenvalue weighted by Crippen LogP contribution is 2.25. The molecule has 4 rings (SSSR count). The number of hydrogen-bond acceptors (Lipinski definition) is 6. The van der Waals surface area contributed by atoms with Crippen molar-refractivity contribution in [3.05, 3.63) is 52.5 Å². The second-order valence-corrected chi connectivity index (χ2v) is 6.92. The van der Waals surface area contributed by atoms with E-state index in [-0.39, 0.29) is 0 Å². The van der Waals surface area contributed by atoms with Gasteiger partial charge in [-0.1, -0.05) is 28.1 Å². The van der Waals surface area contributed by atoms with E-state index in [0.717, 1.165) is 32.1 Å². The van der Waals surface area contributed by atoms with Crippen LogP contribution in [0.2, 0.25) is 0 Å². The number of H-pyrrole nitrogens is 1. The lowest BCUT2D eigenvalue weighted by Crippen LogP contribution is -2.08. The van der Waals surface area contributed by atoms with Crippen molar-refractivity contribution in [2.24, 2.45) is 5.10 Å². The number of hydrazone groups is 1. The van der Waals surface area contributed by atoms with Crippen LogP contribution in [0.5, 0.6) is 0 Å². The van der Waals surface area contributed by atoms with Crippen molar-refractivity contribution in [2.45, 2.75) is 0 Å². The molecule has 2 N–H and O–H groups in total. The molecule has 2 heterocycles. The van der Waals surface area contributed by atoms with Crippen LogP contribution in [0.3, 0.4) is 0 Å². The minimum atomic E-state index is 0.337. The van der Waals surface area contributed by atoms with E-state index in [1.165, 1.54) is 0 Å². The summed E-state index contributed by atoms with van der Waals surface area (Å²) in [4.78, 5) is 9.72. The molecule has 130 valence electrons. The molecule has 0 aliphatic carbocycles.